The van der Waals surface area contributed by atoms with Crippen LogP contribution in [0, 0.1) is 5.92 Å². The number of halogens is 1. The molecule has 124 valence electrons. The molecule has 1 saturated carbocycles. The average Bonchev–Trinajstić information content (AvgIpc) is 3.02. The van der Waals surface area contributed by atoms with Crippen molar-refractivity contribution in [3.8, 4) is 0 Å². The van der Waals surface area contributed by atoms with E-state index in [1.165, 1.54) is 43.1 Å². The fourth-order valence-corrected chi connectivity index (χ4v) is 3.78. The lowest BCUT2D eigenvalue weighted by Gasteiger charge is -2.09. The minimum Gasteiger partial charge on any atom is -0.307 e. The molecule has 1 heterocycles. The quantitative estimate of drug-likeness (QED) is 0.809. The number of hydrogen-bond acceptors (Lipinski definition) is 2. The number of aromatic nitrogens is 2. The SMILES string of the molecule is O=c1[nH]c2cc(Cl)ccc2c(=O)n1CCCCCC1CCCC1. The van der Waals surface area contributed by atoms with E-state index in [4.69, 9.17) is 11.6 Å². The number of H-pyrrole nitrogens is 1. The van der Waals surface area contributed by atoms with Gasteiger partial charge < -0.3 is 4.98 Å². The van der Waals surface area contributed by atoms with Crippen LogP contribution in [-0.2, 0) is 6.54 Å². The third-order valence-electron chi connectivity index (χ3n) is 4.91. The number of benzene rings is 1. The Bertz CT molecular complexity index is 788. The zero-order chi connectivity index (χ0) is 16.2. The molecule has 0 atom stereocenters. The Morgan fingerprint density at radius 1 is 1.13 bits per heavy atom. The molecule has 0 aliphatic heterocycles. The summed E-state index contributed by atoms with van der Waals surface area (Å²) in [5.41, 5.74) is -0.0678. The van der Waals surface area contributed by atoms with Gasteiger partial charge in [-0.3, -0.25) is 9.36 Å². The molecule has 0 saturated heterocycles. The van der Waals surface area contributed by atoms with Gasteiger partial charge >= 0.3 is 5.69 Å². The number of hydrogen-bond donors (Lipinski definition) is 1. The molecule has 0 radical (unpaired) electrons. The molecule has 0 unspecified atom stereocenters. The molecule has 0 spiro atoms. The van der Waals surface area contributed by atoms with Crippen LogP contribution < -0.4 is 11.2 Å². The van der Waals surface area contributed by atoms with Crippen molar-refractivity contribution in [1.82, 2.24) is 9.55 Å². The molecule has 3 rings (SSSR count). The number of nitrogens with one attached hydrogen (secondary N) is 1. The van der Waals surface area contributed by atoms with Gasteiger partial charge in [-0.25, -0.2) is 4.79 Å². The number of nitrogens with zero attached hydrogens (tertiary/aromatic N) is 1. The van der Waals surface area contributed by atoms with Crippen LogP contribution in [0.3, 0.4) is 0 Å². The molecule has 5 heteroatoms. The maximum Gasteiger partial charge on any atom is 0.328 e. The second-order valence-corrected chi connectivity index (χ2v) is 7.01. The summed E-state index contributed by atoms with van der Waals surface area (Å²) in [7, 11) is 0. The Balaban J connectivity index is 1.62. The van der Waals surface area contributed by atoms with Gasteiger partial charge in [-0.05, 0) is 30.5 Å². The zero-order valence-corrected chi connectivity index (χ0v) is 14.1. The summed E-state index contributed by atoms with van der Waals surface area (Å²) in [6, 6.07) is 4.97. The second kappa shape index (κ2) is 7.35. The van der Waals surface area contributed by atoms with E-state index in [9.17, 15) is 9.59 Å². The molecule has 4 nitrogen and oxygen atoms in total. The van der Waals surface area contributed by atoms with Gasteiger partial charge in [0, 0.05) is 11.6 Å². The smallest absolute Gasteiger partial charge is 0.307 e. The molecule has 0 amide bonds. The first-order chi connectivity index (χ1) is 11.1. The molecular weight excluding hydrogens is 312 g/mol. The molecule has 1 aromatic carbocycles. The zero-order valence-electron chi connectivity index (χ0n) is 13.3. The van der Waals surface area contributed by atoms with Crippen molar-refractivity contribution in [2.45, 2.75) is 57.9 Å². The first kappa shape index (κ1) is 16.3. The summed E-state index contributed by atoms with van der Waals surface area (Å²) in [5.74, 6) is 0.909. The highest BCUT2D eigenvalue weighted by Crippen LogP contribution is 2.29. The Morgan fingerprint density at radius 2 is 1.91 bits per heavy atom. The highest BCUT2D eigenvalue weighted by molar-refractivity contribution is 6.31. The lowest BCUT2D eigenvalue weighted by Crippen LogP contribution is -2.35. The summed E-state index contributed by atoms with van der Waals surface area (Å²) in [6.45, 7) is 0.484. The van der Waals surface area contributed by atoms with Crippen LogP contribution in [0.2, 0.25) is 5.02 Å². The van der Waals surface area contributed by atoms with Gasteiger partial charge in [0.2, 0.25) is 0 Å². The summed E-state index contributed by atoms with van der Waals surface area (Å²) in [6.07, 6.45) is 9.96. The Kier molecular flexibility index (Phi) is 5.21. The molecule has 1 fully saturated rings. The third kappa shape index (κ3) is 3.86. The van der Waals surface area contributed by atoms with Crippen LogP contribution in [0.4, 0.5) is 0 Å². The van der Waals surface area contributed by atoms with E-state index in [0.717, 1.165) is 18.8 Å². The van der Waals surface area contributed by atoms with Crippen molar-refractivity contribution in [2.75, 3.05) is 0 Å². The van der Waals surface area contributed by atoms with Crippen LogP contribution in [-0.4, -0.2) is 9.55 Å². The van der Waals surface area contributed by atoms with Gasteiger partial charge in [0.25, 0.3) is 5.56 Å². The van der Waals surface area contributed by atoms with E-state index in [1.807, 2.05) is 0 Å². The van der Waals surface area contributed by atoms with Crippen molar-refractivity contribution in [2.24, 2.45) is 5.92 Å². The molecule has 1 aliphatic carbocycles. The van der Waals surface area contributed by atoms with Crippen molar-refractivity contribution >= 4 is 22.5 Å². The van der Waals surface area contributed by atoms with Gasteiger partial charge in [-0.1, -0.05) is 56.5 Å². The molecule has 0 bridgehead atoms. The van der Waals surface area contributed by atoms with Gasteiger partial charge in [0.05, 0.1) is 10.9 Å². The monoisotopic (exact) mass is 334 g/mol. The largest absolute Gasteiger partial charge is 0.328 e. The number of fused-ring (bicyclic) bond motifs is 1. The Morgan fingerprint density at radius 3 is 2.70 bits per heavy atom. The van der Waals surface area contributed by atoms with E-state index >= 15 is 0 Å². The molecule has 2 aromatic rings. The number of rotatable bonds is 6. The van der Waals surface area contributed by atoms with E-state index in [1.54, 1.807) is 18.2 Å². The second-order valence-electron chi connectivity index (χ2n) is 6.58. The summed E-state index contributed by atoms with van der Waals surface area (Å²) in [4.78, 5) is 27.3. The maximum absolute atomic E-state index is 12.4. The van der Waals surface area contributed by atoms with Crippen molar-refractivity contribution in [3.63, 3.8) is 0 Å². The summed E-state index contributed by atoms with van der Waals surface area (Å²) < 4.78 is 1.31. The van der Waals surface area contributed by atoms with Crippen LogP contribution in [0.25, 0.3) is 10.9 Å². The molecule has 1 N–H and O–H groups in total. The maximum atomic E-state index is 12.4. The molecule has 23 heavy (non-hydrogen) atoms. The minimum atomic E-state index is -0.347. The van der Waals surface area contributed by atoms with E-state index in [0.29, 0.717) is 22.5 Å². The predicted octanol–water partition coefficient (Wildman–Crippen LogP) is 4.09. The van der Waals surface area contributed by atoms with Crippen molar-refractivity contribution in [1.29, 1.82) is 0 Å². The standard InChI is InChI=1S/C18H23ClN2O2/c19-14-9-10-15-16(12-14)20-18(23)21(17(15)22)11-5-1-2-6-13-7-3-4-8-13/h9-10,12-13H,1-8,11H2,(H,20,23). The highest BCUT2D eigenvalue weighted by Gasteiger charge is 2.14. The van der Waals surface area contributed by atoms with Crippen molar-refractivity contribution in [3.05, 3.63) is 44.1 Å². The fourth-order valence-electron chi connectivity index (χ4n) is 3.61. The topological polar surface area (TPSA) is 54.9 Å². The molecule has 1 aliphatic rings. The van der Waals surface area contributed by atoms with Gasteiger partial charge in [0.1, 0.15) is 0 Å². The lowest BCUT2D eigenvalue weighted by atomic mass is 10.00. The van der Waals surface area contributed by atoms with Crippen LogP contribution in [0.5, 0.6) is 0 Å². The van der Waals surface area contributed by atoms with Gasteiger partial charge in [0.15, 0.2) is 0 Å². The summed E-state index contributed by atoms with van der Waals surface area (Å²) in [5, 5.41) is 1.03. The third-order valence-corrected chi connectivity index (χ3v) is 5.15. The fraction of sp³-hybridized carbons (Fsp3) is 0.556. The van der Waals surface area contributed by atoms with Gasteiger partial charge in [-0.15, -0.1) is 0 Å². The number of aromatic amines is 1. The van der Waals surface area contributed by atoms with E-state index in [2.05, 4.69) is 4.98 Å². The van der Waals surface area contributed by atoms with Crippen LogP contribution in [0.1, 0.15) is 51.4 Å². The van der Waals surface area contributed by atoms with Crippen LogP contribution in [0.15, 0.2) is 27.8 Å². The molecular formula is C18H23ClN2O2. The Labute approximate surface area is 140 Å². The van der Waals surface area contributed by atoms with Crippen molar-refractivity contribution < 1.29 is 0 Å². The first-order valence-corrected chi connectivity index (χ1v) is 8.95. The van der Waals surface area contributed by atoms with E-state index in [-0.39, 0.29) is 11.2 Å². The number of unbranched alkanes of at least 4 members (excludes halogenated alkanes) is 2. The summed E-state index contributed by atoms with van der Waals surface area (Å²) >= 11 is 5.90. The lowest BCUT2D eigenvalue weighted by molar-refractivity contribution is 0.455. The first-order valence-electron chi connectivity index (χ1n) is 8.57. The van der Waals surface area contributed by atoms with E-state index < -0.39 is 0 Å². The van der Waals surface area contributed by atoms with Gasteiger partial charge in [-0.2, -0.15) is 0 Å². The Hall–Kier alpha value is -1.55. The molecule has 1 aromatic heterocycles. The average molecular weight is 335 g/mol. The normalized spacial score (nSPS) is 15.5. The predicted molar refractivity (Wildman–Crippen MR) is 94.3 cm³/mol. The highest BCUT2D eigenvalue weighted by atomic mass is 35.5. The van der Waals surface area contributed by atoms with Crippen LogP contribution >= 0.6 is 11.6 Å². The minimum absolute atomic E-state index is 0.226.